The fraction of sp³-hybridized carbons (Fsp3) is 0. The molecule has 1 heterocycles. The van der Waals surface area contributed by atoms with E-state index in [1.54, 1.807) is 0 Å². The predicted molar refractivity (Wildman–Crippen MR) is 39.0 cm³/mol. The van der Waals surface area contributed by atoms with Gasteiger partial charge in [-0.05, 0) is 6.07 Å². The highest BCUT2D eigenvalue weighted by Crippen LogP contribution is 2.10. The lowest BCUT2D eigenvalue weighted by atomic mass is 10.2. The van der Waals surface area contributed by atoms with Crippen LogP contribution >= 0.6 is 11.6 Å². The molecule has 1 rings (SSSR count). The Morgan fingerprint density at radius 1 is 1.50 bits per heavy atom. The molecule has 0 fully saturated rings. The Kier molecular flexibility index (Phi) is 2.35. The maximum Gasteiger partial charge on any atom is 0.377 e. The molecule has 0 spiro atoms. The summed E-state index contributed by atoms with van der Waals surface area (Å²) in [5.74, 6) is -2.65. The average Bonchev–Trinajstić information content (AvgIpc) is 2.04. The van der Waals surface area contributed by atoms with Gasteiger partial charge in [0.2, 0.25) is 0 Å². The van der Waals surface area contributed by atoms with Gasteiger partial charge in [0.25, 0.3) is 5.78 Å². The topological polar surface area (TPSA) is 80.1 Å². The lowest BCUT2D eigenvalue weighted by Crippen LogP contribution is -2.13. The van der Waals surface area contributed by atoms with E-state index < -0.39 is 11.8 Å². The predicted octanol–water partition coefficient (Wildman–Crippen LogP) is 0.397. The molecule has 0 aliphatic heterocycles. The number of rotatable bonds is 2. The van der Waals surface area contributed by atoms with E-state index in [0.717, 1.165) is 0 Å². The largest absolute Gasteiger partial charge is 0.475 e. The van der Waals surface area contributed by atoms with E-state index in [9.17, 15) is 9.59 Å². The van der Waals surface area contributed by atoms with Gasteiger partial charge in [0, 0.05) is 0 Å². The van der Waals surface area contributed by atoms with Crippen LogP contribution in [0.3, 0.4) is 0 Å². The van der Waals surface area contributed by atoms with Gasteiger partial charge in [0.1, 0.15) is 0 Å². The van der Waals surface area contributed by atoms with Crippen LogP contribution in [0.2, 0.25) is 5.15 Å². The molecule has 0 radical (unpaired) electrons. The first-order chi connectivity index (χ1) is 5.63. The van der Waals surface area contributed by atoms with Crippen molar-refractivity contribution in [3.8, 4) is 0 Å². The molecule has 6 heteroatoms. The number of hydrogen-bond donors (Lipinski definition) is 1. The number of hydrogen-bond acceptors (Lipinski definition) is 4. The van der Waals surface area contributed by atoms with E-state index in [2.05, 4.69) is 10.2 Å². The second-order valence-corrected chi connectivity index (χ2v) is 2.23. The van der Waals surface area contributed by atoms with Crippen LogP contribution in [-0.4, -0.2) is 27.1 Å². The molecule has 0 bridgehead atoms. The van der Waals surface area contributed by atoms with Crippen LogP contribution in [-0.2, 0) is 4.79 Å². The minimum Gasteiger partial charge on any atom is -0.475 e. The van der Waals surface area contributed by atoms with Crippen molar-refractivity contribution in [2.75, 3.05) is 0 Å². The van der Waals surface area contributed by atoms with Crippen LogP contribution in [0.5, 0.6) is 0 Å². The maximum absolute atomic E-state index is 10.8. The molecular formula is C6H3ClN2O3. The molecule has 0 aromatic carbocycles. The molecule has 0 saturated carbocycles. The van der Waals surface area contributed by atoms with Crippen molar-refractivity contribution < 1.29 is 14.7 Å². The van der Waals surface area contributed by atoms with Gasteiger partial charge in [0.15, 0.2) is 5.15 Å². The Morgan fingerprint density at radius 2 is 2.17 bits per heavy atom. The van der Waals surface area contributed by atoms with Crippen molar-refractivity contribution in [3.63, 3.8) is 0 Å². The summed E-state index contributed by atoms with van der Waals surface area (Å²) in [6, 6.07) is 1.20. The Hall–Kier alpha value is -1.49. The minimum atomic E-state index is -1.56. The molecular weight excluding hydrogens is 184 g/mol. The van der Waals surface area contributed by atoms with Crippen molar-refractivity contribution in [2.24, 2.45) is 0 Å². The van der Waals surface area contributed by atoms with Gasteiger partial charge in [-0.25, -0.2) is 4.79 Å². The molecule has 0 saturated heterocycles. The molecule has 1 aromatic rings. The molecule has 1 aromatic heterocycles. The molecule has 0 atom stereocenters. The zero-order valence-corrected chi connectivity index (χ0v) is 6.45. The van der Waals surface area contributed by atoms with E-state index in [1.165, 1.54) is 12.3 Å². The van der Waals surface area contributed by atoms with Gasteiger partial charge >= 0.3 is 5.97 Å². The van der Waals surface area contributed by atoms with Gasteiger partial charge in [-0.1, -0.05) is 11.6 Å². The number of Topliss-reactive ketones (excluding diaryl/α,β-unsaturated/α-hetero) is 1. The van der Waals surface area contributed by atoms with Crippen molar-refractivity contribution in [1.29, 1.82) is 0 Å². The summed E-state index contributed by atoms with van der Waals surface area (Å²) in [5.41, 5.74) is -0.154. The number of carboxylic acid groups (broad SMARTS) is 1. The summed E-state index contributed by atoms with van der Waals surface area (Å²) in [6.07, 6.45) is 1.20. The minimum absolute atomic E-state index is 0.154. The second-order valence-electron chi connectivity index (χ2n) is 1.87. The number of halogens is 1. The Morgan fingerprint density at radius 3 is 2.67 bits per heavy atom. The molecule has 1 N–H and O–H groups in total. The lowest BCUT2D eigenvalue weighted by molar-refractivity contribution is -0.131. The molecule has 0 amide bonds. The number of carboxylic acids is 1. The molecule has 0 unspecified atom stereocenters. The SMILES string of the molecule is O=C(O)C(=O)c1ccnnc1Cl. The summed E-state index contributed by atoms with van der Waals surface area (Å²) in [7, 11) is 0. The molecule has 62 valence electrons. The third-order valence-electron chi connectivity index (χ3n) is 1.11. The first kappa shape index (κ1) is 8.61. The highest BCUT2D eigenvalue weighted by molar-refractivity contribution is 6.44. The van der Waals surface area contributed by atoms with Gasteiger partial charge < -0.3 is 5.11 Å². The number of aliphatic carboxylic acids is 1. The Bertz CT molecular complexity index is 339. The number of nitrogens with zero attached hydrogens (tertiary/aromatic N) is 2. The van der Waals surface area contributed by atoms with Crippen LogP contribution in [0.25, 0.3) is 0 Å². The number of carbonyl (C=O) groups is 2. The number of ketones is 1. The van der Waals surface area contributed by atoms with Crippen LogP contribution in [0.15, 0.2) is 12.3 Å². The van der Waals surface area contributed by atoms with Crippen molar-refractivity contribution >= 4 is 23.4 Å². The average molecular weight is 187 g/mol. The highest BCUT2D eigenvalue weighted by Gasteiger charge is 2.18. The molecule has 12 heavy (non-hydrogen) atoms. The van der Waals surface area contributed by atoms with E-state index >= 15 is 0 Å². The fourth-order valence-electron chi connectivity index (χ4n) is 0.599. The third kappa shape index (κ3) is 1.57. The first-order valence-electron chi connectivity index (χ1n) is 2.87. The Labute approximate surface area is 72.0 Å². The van der Waals surface area contributed by atoms with Crippen molar-refractivity contribution in [2.45, 2.75) is 0 Å². The van der Waals surface area contributed by atoms with Crippen molar-refractivity contribution in [3.05, 3.63) is 23.0 Å². The third-order valence-corrected chi connectivity index (χ3v) is 1.39. The standard InChI is InChI=1S/C6H3ClN2O3/c7-5-3(1-2-8-9-5)4(10)6(11)12/h1-2H,(H,11,12). The summed E-state index contributed by atoms with van der Waals surface area (Å²) in [6.45, 7) is 0. The number of aromatic nitrogens is 2. The van der Waals surface area contributed by atoms with Gasteiger partial charge in [-0.15, -0.1) is 5.10 Å². The zero-order chi connectivity index (χ0) is 9.14. The van der Waals surface area contributed by atoms with E-state index in [0.29, 0.717) is 0 Å². The lowest BCUT2D eigenvalue weighted by Gasteiger charge is -1.94. The fourth-order valence-corrected chi connectivity index (χ4v) is 0.792. The van der Waals surface area contributed by atoms with Gasteiger partial charge in [-0.2, -0.15) is 5.10 Å². The van der Waals surface area contributed by atoms with Crippen LogP contribution in [0.1, 0.15) is 10.4 Å². The van der Waals surface area contributed by atoms with Crippen LogP contribution in [0, 0.1) is 0 Å². The summed E-state index contributed by atoms with van der Waals surface area (Å²) in [4.78, 5) is 21.0. The number of carbonyl (C=O) groups excluding carboxylic acids is 1. The van der Waals surface area contributed by atoms with E-state index in [1.807, 2.05) is 0 Å². The monoisotopic (exact) mass is 186 g/mol. The van der Waals surface area contributed by atoms with Crippen LogP contribution in [0.4, 0.5) is 0 Å². The zero-order valence-electron chi connectivity index (χ0n) is 5.69. The Balaban J connectivity index is 3.11. The van der Waals surface area contributed by atoms with E-state index in [-0.39, 0.29) is 10.7 Å². The van der Waals surface area contributed by atoms with Gasteiger partial charge in [0.05, 0.1) is 11.8 Å². The maximum atomic E-state index is 10.8. The molecule has 0 aliphatic rings. The normalized spacial score (nSPS) is 9.42. The summed E-state index contributed by atoms with van der Waals surface area (Å²) >= 11 is 5.41. The first-order valence-corrected chi connectivity index (χ1v) is 3.25. The van der Waals surface area contributed by atoms with E-state index in [4.69, 9.17) is 16.7 Å². The quantitative estimate of drug-likeness (QED) is 0.534. The summed E-state index contributed by atoms with van der Waals surface area (Å²) in [5, 5.41) is 14.8. The molecule has 5 nitrogen and oxygen atoms in total. The van der Waals surface area contributed by atoms with Crippen LogP contribution < -0.4 is 0 Å². The second kappa shape index (κ2) is 3.27. The van der Waals surface area contributed by atoms with Crippen molar-refractivity contribution in [1.82, 2.24) is 10.2 Å². The smallest absolute Gasteiger partial charge is 0.377 e. The molecule has 0 aliphatic carbocycles. The van der Waals surface area contributed by atoms with Gasteiger partial charge in [-0.3, -0.25) is 4.79 Å². The summed E-state index contributed by atoms with van der Waals surface area (Å²) < 4.78 is 0. The highest BCUT2D eigenvalue weighted by atomic mass is 35.5.